The van der Waals surface area contributed by atoms with Gasteiger partial charge < -0.3 is 10.1 Å². The van der Waals surface area contributed by atoms with Crippen LogP contribution in [0.1, 0.15) is 28.8 Å². The average Bonchev–Trinajstić information content (AvgIpc) is 2.44. The highest BCUT2D eigenvalue weighted by atomic mass is 19.1. The molecule has 106 valence electrons. The normalized spacial score (nSPS) is 14.0. The molecular weight excluding hydrogens is 253 g/mol. The second kappa shape index (κ2) is 6.64. The molecule has 2 nitrogen and oxygen atoms in total. The highest BCUT2D eigenvalue weighted by Gasteiger charge is 2.23. The maximum Gasteiger partial charge on any atom is 0.123 e. The molecule has 2 aromatic rings. The van der Waals surface area contributed by atoms with Gasteiger partial charge in [-0.15, -0.1) is 0 Å². The largest absolute Gasteiger partial charge is 0.375 e. The molecule has 0 bridgehead atoms. The van der Waals surface area contributed by atoms with E-state index in [0.717, 1.165) is 16.7 Å². The minimum atomic E-state index is -0.219. The van der Waals surface area contributed by atoms with Crippen molar-refractivity contribution in [1.82, 2.24) is 5.32 Å². The second-order valence-corrected chi connectivity index (χ2v) is 4.90. The SMILES string of the molecule is CNC(c1cc(C)cc(F)c1)C(OC)c1ccccc1. The predicted molar refractivity (Wildman–Crippen MR) is 79.1 cm³/mol. The summed E-state index contributed by atoms with van der Waals surface area (Å²) < 4.78 is 19.3. The second-order valence-electron chi connectivity index (χ2n) is 4.90. The molecule has 0 fully saturated rings. The van der Waals surface area contributed by atoms with Crippen molar-refractivity contribution in [3.8, 4) is 0 Å². The molecule has 0 saturated heterocycles. The lowest BCUT2D eigenvalue weighted by molar-refractivity contribution is 0.0701. The number of rotatable bonds is 5. The first-order valence-electron chi connectivity index (χ1n) is 6.68. The van der Waals surface area contributed by atoms with E-state index in [4.69, 9.17) is 4.74 Å². The molecule has 2 rings (SSSR count). The minimum absolute atomic E-state index is 0.100. The van der Waals surface area contributed by atoms with Crippen molar-refractivity contribution in [2.75, 3.05) is 14.2 Å². The molecule has 0 heterocycles. The van der Waals surface area contributed by atoms with Crippen LogP contribution in [-0.4, -0.2) is 14.2 Å². The zero-order chi connectivity index (χ0) is 14.5. The molecule has 2 unspecified atom stereocenters. The zero-order valence-electron chi connectivity index (χ0n) is 12.1. The maximum atomic E-state index is 13.6. The number of aryl methyl sites for hydroxylation is 1. The molecule has 0 aliphatic heterocycles. The van der Waals surface area contributed by atoms with E-state index in [-0.39, 0.29) is 18.0 Å². The summed E-state index contributed by atoms with van der Waals surface area (Å²) >= 11 is 0. The van der Waals surface area contributed by atoms with Crippen molar-refractivity contribution in [3.63, 3.8) is 0 Å². The molecule has 0 radical (unpaired) electrons. The molecule has 0 saturated carbocycles. The Bertz CT molecular complexity index is 536. The lowest BCUT2D eigenvalue weighted by Crippen LogP contribution is -2.25. The van der Waals surface area contributed by atoms with Crippen molar-refractivity contribution < 1.29 is 9.13 Å². The summed E-state index contributed by atoms with van der Waals surface area (Å²) in [5, 5.41) is 3.23. The van der Waals surface area contributed by atoms with Gasteiger partial charge in [-0.3, -0.25) is 0 Å². The standard InChI is InChI=1S/C17H20FNO/c1-12-9-14(11-15(18)10-12)16(19-2)17(20-3)13-7-5-4-6-8-13/h4-11,16-17,19H,1-3H3. The molecule has 1 N–H and O–H groups in total. The van der Waals surface area contributed by atoms with E-state index in [1.54, 1.807) is 13.2 Å². The van der Waals surface area contributed by atoms with Crippen LogP contribution in [0.5, 0.6) is 0 Å². The maximum absolute atomic E-state index is 13.6. The van der Waals surface area contributed by atoms with Gasteiger partial charge in [0.25, 0.3) is 0 Å². The number of ether oxygens (including phenoxy) is 1. The molecule has 0 aromatic heterocycles. The van der Waals surface area contributed by atoms with Crippen molar-refractivity contribution in [2.24, 2.45) is 0 Å². The number of methoxy groups -OCH3 is 1. The molecule has 0 amide bonds. The monoisotopic (exact) mass is 273 g/mol. The van der Waals surface area contributed by atoms with E-state index in [1.165, 1.54) is 6.07 Å². The average molecular weight is 273 g/mol. The highest BCUT2D eigenvalue weighted by Crippen LogP contribution is 2.32. The van der Waals surface area contributed by atoms with Gasteiger partial charge in [0.15, 0.2) is 0 Å². The summed E-state index contributed by atoms with van der Waals surface area (Å²) in [4.78, 5) is 0. The van der Waals surface area contributed by atoms with Gasteiger partial charge in [0.2, 0.25) is 0 Å². The molecule has 2 atom stereocenters. The van der Waals surface area contributed by atoms with Crippen LogP contribution in [0.25, 0.3) is 0 Å². The lowest BCUT2D eigenvalue weighted by atomic mass is 9.94. The number of nitrogens with one attached hydrogen (secondary N) is 1. The summed E-state index contributed by atoms with van der Waals surface area (Å²) in [6.07, 6.45) is -0.164. The Kier molecular flexibility index (Phi) is 4.88. The van der Waals surface area contributed by atoms with Crippen LogP contribution in [0.3, 0.4) is 0 Å². The summed E-state index contributed by atoms with van der Waals surface area (Å²) in [6.45, 7) is 1.89. The number of benzene rings is 2. The Morgan fingerprint density at radius 1 is 1.05 bits per heavy atom. The van der Waals surface area contributed by atoms with Crippen LogP contribution in [0, 0.1) is 12.7 Å². The third-order valence-electron chi connectivity index (χ3n) is 3.42. The first kappa shape index (κ1) is 14.7. The van der Waals surface area contributed by atoms with Crippen LogP contribution in [0.2, 0.25) is 0 Å². The van der Waals surface area contributed by atoms with Gasteiger partial charge in [0.1, 0.15) is 11.9 Å². The van der Waals surface area contributed by atoms with Gasteiger partial charge in [-0.2, -0.15) is 0 Å². The first-order valence-corrected chi connectivity index (χ1v) is 6.68. The Hall–Kier alpha value is -1.71. The van der Waals surface area contributed by atoms with Gasteiger partial charge in [-0.25, -0.2) is 4.39 Å². The van der Waals surface area contributed by atoms with E-state index in [9.17, 15) is 4.39 Å². The predicted octanol–water partition coefficient (Wildman–Crippen LogP) is 3.78. The lowest BCUT2D eigenvalue weighted by Gasteiger charge is -2.27. The van der Waals surface area contributed by atoms with E-state index in [1.807, 2.05) is 50.4 Å². The van der Waals surface area contributed by atoms with Crippen LogP contribution < -0.4 is 5.32 Å². The number of halogens is 1. The number of hydrogen-bond acceptors (Lipinski definition) is 2. The summed E-state index contributed by atoms with van der Waals surface area (Å²) in [6, 6.07) is 14.9. The van der Waals surface area contributed by atoms with E-state index in [2.05, 4.69) is 5.32 Å². The molecule has 0 aliphatic carbocycles. The van der Waals surface area contributed by atoms with Crippen LogP contribution >= 0.6 is 0 Å². The van der Waals surface area contributed by atoms with Crippen LogP contribution in [0.15, 0.2) is 48.5 Å². The van der Waals surface area contributed by atoms with Crippen LogP contribution in [0.4, 0.5) is 4.39 Å². The summed E-state index contributed by atoms with van der Waals surface area (Å²) in [5.74, 6) is -0.219. The summed E-state index contributed by atoms with van der Waals surface area (Å²) in [7, 11) is 3.54. The fourth-order valence-corrected chi connectivity index (χ4v) is 2.54. The van der Waals surface area contributed by atoms with Crippen molar-refractivity contribution in [1.29, 1.82) is 0 Å². The minimum Gasteiger partial charge on any atom is -0.375 e. The quantitative estimate of drug-likeness (QED) is 0.895. The fourth-order valence-electron chi connectivity index (χ4n) is 2.54. The summed E-state index contributed by atoms with van der Waals surface area (Å²) in [5.41, 5.74) is 2.86. The molecule has 20 heavy (non-hydrogen) atoms. The van der Waals surface area contributed by atoms with Gasteiger partial charge >= 0.3 is 0 Å². The Balaban J connectivity index is 2.39. The number of hydrogen-bond donors (Lipinski definition) is 1. The third kappa shape index (κ3) is 3.24. The molecule has 2 aromatic carbocycles. The van der Waals surface area contributed by atoms with Gasteiger partial charge in [-0.05, 0) is 42.8 Å². The van der Waals surface area contributed by atoms with E-state index < -0.39 is 0 Å². The zero-order valence-corrected chi connectivity index (χ0v) is 12.1. The molecule has 0 spiro atoms. The van der Waals surface area contributed by atoms with Crippen molar-refractivity contribution in [2.45, 2.75) is 19.1 Å². The number of likely N-dealkylation sites (N-methyl/N-ethyl adjacent to an activating group) is 1. The fraction of sp³-hybridized carbons (Fsp3) is 0.294. The third-order valence-corrected chi connectivity index (χ3v) is 3.42. The Labute approximate surface area is 119 Å². The van der Waals surface area contributed by atoms with Crippen molar-refractivity contribution in [3.05, 3.63) is 71.0 Å². The molecule has 3 heteroatoms. The highest BCUT2D eigenvalue weighted by molar-refractivity contribution is 5.30. The van der Waals surface area contributed by atoms with E-state index in [0.29, 0.717) is 0 Å². The van der Waals surface area contributed by atoms with Gasteiger partial charge in [0.05, 0.1) is 6.04 Å². The Morgan fingerprint density at radius 2 is 1.75 bits per heavy atom. The van der Waals surface area contributed by atoms with Gasteiger partial charge in [-0.1, -0.05) is 36.4 Å². The molecular formula is C17H20FNO. The first-order chi connectivity index (χ1) is 9.65. The van der Waals surface area contributed by atoms with Crippen molar-refractivity contribution >= 4 is 0 Å². The van der Waals surface area contributed by atoms with E-state index >= 15 is 0 Å². The topological polar surface area (TPSA) is 21.3 Å². The Morgan fingerprint density at radius 3 is 2.30 bits per heavy atom. The molecule has 0 aliphatic rings. The smallest absolute Gasteiger partial charge is 0.123 e. The van der Waals surface area contributed by atoms with Gasteiger partial charge in [0, 0.05) is 7.11 Å². The van der Waals surface area contributed by atoms with Crippen LogP contribution in [-0.2, 0) is 4.74 Å².